The van der Waals surface area contributed by atoms with Gasteiger partial charge in [0.15, 0.2) is 5.16 Å². The lowest BCUT2D eigenvalue weighted by atomic mass is 10.1. The van der Waals surface area contributed by atoms with Gasteiger partial charge in [-0.3, -0.25) is 9.36 Å². The molecule has 0 amide bonds. The first-order chi connectivity index (χ1) is 15.7. The Bertz CT molecular complexity index is 1280. The second kappa shape index (κ2) is 9.26. The largest absolute Gasteiger partial charge is 0.376 e. The van der Waals surface area contributed by atoms with Gasteiger partial charge in [-0.1, -0.05) is 60.2 Å². The molecule has 0 N–H and O–H groups in total. The summed E-state index contributed by atoms with van der Waals surface area (Å²) in [6.45, 7) is 3.36. The van der Waals surface area contributed by atoms with Crippen molar-refractivity contribution in [1.29, 1.82) is 0 Å². The molecular weight excluding hydrogens is 424 g/mol. The molecule has 0 radical (unpaired) electrons. The van der Waals surface area contributed by atoms with Gasteiger partial charge in [0.25, 0.3) is 5.56 Å². The van der Waals surface area contributed by atoms with E-state index in [9.17, 15) is 4.79 Å². The highest BCUT2D eigenvalue weighted by Crippen LogP contribution is 2.25. The SMILES string of the molecule is CCc1ccc(-c2noc(CSc3nc4ccccc4c(=O)n3C[C@@H]3CCCO3)n2)cc1. The number of hydrogen-bond acceptors (Lipinski definition) is 7. The van der Waals surface area contributed by atoms with Gasteiger partial charge >= 0.3 is 0 Å². The normalized spacial score (nSPS) is 16.1. The minimum Gasteiger partial charge on any atom is -0.376 e. The van der Waals surface area contributed by atoms with E-state index in [2.05, 4.69) is 29.2 Å². The number of fused-ring (bicyclic) bond motifs is 1. The van der Waals surface area contributed by atoms with Crippen molar-refractivity contribution in [1.82, 2.24) is 19.7 Å². The minimum atomic E-state index is -0.0455. The van der Waals surface area contributed by atoms with Crippen molar-refractivity contribution in [2.24, 2.45) is 0 Å². The molecule has 3 heterocycles. The zero-order valence-electron chi connectivity index (χ0n) is 17.9. The molecule has 0 spiro atoms. The van der Waals surface area contributed by atoms with Crippen molar-refractivity contribution in [2.75, 3.05) is 6.61 Å². The maximum atomic E-state index is 13.2. The van der Waals surface area contributed by atoms with Gasteiger partial charge < -0.3 is 9.26 Å². The molecule has 1 saturated heterocycles. The maximum absolute atomic E-state index is 13.2. The quantitative estimate of drug-likeness (QED) is 0.304. The zero-order chi connectivity index (χ0) is 21.9. The Kier molecular flexibility index (Phi) is 6.05. The molecule has 0 unspecified atom stereocenters. The smallest absolute Gasteiger partial charge is 0.262 e. The molecule has 164 valence electrons. The number of aromatic nitrogens is 4. The van der Waals surface area contributed by atoms with Gasteiger partial charge in [-0.15, -0.1) is 0 Å². The third kappa shape index (κ3) is 4.33. The Hall–Kier alpha value is -2.97. The molecule has 1 aliphatic heterocycles. The maximum Gasteiger partial charge on any atom is 0.262 e. The molecule has 1 atom stereocenters. The molecule has 2 aromatic carbocycles. The fourth-order valence-corrected chi connectivity index (χ4v) is 4.70. The molecule has 7 nitrogen and oxygen atoms in total. The van der Waals surface area contributed by atoms with Gasteiger partial charge in [0.2, 0.25) is 11.7 Å². The molecule has 0 aliphatic carbocycles. The molecule has 2 aromatic heterocycles. The summed E-state index contributed by atoms with van der Waals surface area (Å²) in [4.78, 5) is 22.5. The second-order valence-corrected chi connectivity index (χ2v) is 8.76. The Balaban J connectivity index is 1.39. The monoisotopic (exact) mass is 448 g/mol. The van der Waals surface area contributed by atoms with E-state index in [0.717, 1.165) is 31.4 Å². The van der Waals surface area contributed by atoms with Crippen LogP contribution in [0, 0.1) is 0 Å². The number of ether oxygens (including phenoxy) is 1. The number of hydrogen-bond donors (Lipinski definition) is 0. The summed E-state index contributed by atoms with van der Waals surface area (Å²) in [5.41, 5.74) is 2.82. The molecule has 0 bridgehead atoms. The predicted molar refractivity (Wildman–Crippen MR) is 124 cm³/mol. The predicted octanol–water partition coefficient (Wildman–Crippen LogP) is 4.48. The summed E-state index contributed by atoms with van der Waals surface area (Å²) in [6.07, 6.45) is 3.00. The number of para-hydroxylation sites is 1. The Morgan fingerprint density at radius 2 is 1.97 bits per heavy atom. The van der Waals surface area contributed by atoms with Gasteiger partial charge in [-0.25, -0.2) is 4.98 Å². The zero-order valence-corrected chi connectivity index (χ0v) is 18.7. The van der Waals surface area contributed by atoms with Crippen molar-refractivity contribution in [2.45, 2.75) is 49.7 Å². The van der Waals surface area contributed by atoms with E-state index >= 15 is 0 Å². The van der Waals surface area contributed by atoms with Crippen molar-refractivity contribution in [3.05, 3.63) is 70.3 Å². The van der Waals surface area contributed by atoms with E-state index in [1.807, 2.05) is 36.4 Å². The van der Waals surface area contributed by atoms with Crippen LogP contribution in [0.2, 0.25) is 0 Å². The molecule has 1 aliphatic rings. The van der Waals surface area contributed by atoms with Crippen LogP contribution in [-0.4, -0.2) is 32.4 Å². The van der Waals surface area contributed by atoms with Crippen LogP contribution in [0.4, 0.5) is 0 Å². The van der Waals surface area contributed by atoms with Gasteiger partial charge in [0, 0.05) is 12.2 Å². The van der Waals surface area contributed by atoms with E-state index in [-0.39, 0.29) is 11.7 Å². The van der Waals surface area contributed by atoms with Crippen LogP contribution >= 0.6 is 11.8 Å². The van der Waals surface area contributed by atoms with E-state index in [0.29, 0.717) is 40.1 Å². The van der Waals surface area contributed by atoms with Crippen LogP contribution in [0.1, 0.15) is 31.2 Å². The van der Waals surface area contributed by atoms with Crippen LogP contribution in [0.15, 0.2) is 63.0 Å². The number of rotatable bonds is 7. The minimum absolute atomic E-state index is 0.0381. The van der Waals surface area contributed by atoms with Gasteiger partial charge in [0.1, 0.15) is 0 Å². The van der Waals surface area contributed by atoms with Gasteiger partial charge in [-0.2, -0.15) is 4.98 Å². The summed E-state index contributed by atoms with van der Waals surface area (Å²) in [5.74, 6) is 1.48. The van der Waals surface area contributed by atoms with E-state index in [4.69, 9.17) is 14.2 Å². The standard InChI is InChI=1S/C24H24N4O3S/c1-2-16-9-11-17(12-10-16)22-26-21(31-27-22)15-32-24-25-20-8-4-3-7-19(20)23(29)28(24)14-18-6-5-13-30-18/h3-4,7-12,18H,2,5-6,13-15H2,1H3/t18-/m0/s1. The highest BCUT2D eigenvalue weighted by atomic mass is 32.2. The van der Waals surface area contributed by atoms with E-state index < -0.39 is 0 Å². The van der Waals surface area contributed by atoms with Gasteiger partial charge in [0.05, 0.1) is 29.3 Å². The third-order valence-corrected chi connectivity index (χ3v) is 6.61. The van der Waals surface area contributed by atoms with Gasteiger partial charge in [-0.05, 0) is 37.0 Å². The average molecular weight is 449 g/mol. The summed E-state index contributed by atoms with van der Waals surface area (Å²) < 4.78 is 13.0. The second-order valence-electron chi connectivity index (χ2n) is 7.81. The topological polar surface area (TPSA) is 83.0 Å². The highest BCUT2D eigenvalue weighted by Gasteiger charge is 2.21. The Labute approximate surface area is 189 Å². The first kappa shape index (κ1) is 20.9. The average Bonchev–Trinajstić information content (AvgIpc) is 3.52. The van der Waals surface area contributed by atoms with Crippen molar-refractivity contribution in [3.63, 3.8) is 0 Å². The lowest BCUT2D eigenvalue weighted by molar-refractivity contribution is 0.0937. The first-order valence-corrected chi connectivity index (χ1v) is 11.9. The molecular formula is C24H24N4O3S. The first-order valence-electron chi connectivity index (χ1n) is 10.9. The summed E-state index contributed by atoms with van der Waals surface area (Å²) in [5, 5.41) is 5.37. The summed E-state index contributed by atoms with van der Waals surface area (Å²) in [7, 11) is 0. The van der Waals surface area contributed by atoms with E-state index in [1.54, 1.807) is 4.57 Å². The van der Waals surface area contributed by atoms with Crippen molar-refractivity contribution < 1.29 is 9.26 Å². The molecule has 0 saturated carbocycles. The highest BCUT2D eigenvalue weighted by molar-refractivity contribution is 7.98. The Morgan fingerprint density at radius 3 is 2.75 bits per heavy atom. The molecule has 4 aromatic rings. The number of thioether (sulfide) groups is 1. The fourth-order valence-electron chi connectivity index (χ4n) is 3.86. The third-order valence-electron chi connectivity index (χ3n) is 5.65. The molecule has 8 heteroatoms. The van der Waals surface area contributed by atoms with Crippen molar-refractivity contribution >= 4 is 22.7 Å². The number of aryl methyl sites for hydroxylation is 1. The fraction of sp³-hybridized carbons (Fsp3) is 0.333. The summed E-state index contributed by atoms with van der Waals surface area (Å²) >= 11 is 1.43. The lowest BCUT2D eigenvalue weighted by Crippen LogP contribution is -2.28. The molecule has 1 fully saturated rings. The lowest BCUT2D eigenvalue weighted by Gasteiger charge is -2.16. The van der Waals surface area contributed by atoms with Crippen molar-refractivity contribution in [3.8, 4) is 11.4 Å². The molecule has 5 rings (SSSR count). The Morgan fingerprint density at radius 1 is 1.12 bits per heavy atom. The van der Waals surface area contributed by atoms with Crippen LogP contribution in [0.3, 0.4) is 0 Å². The summed E-state index contributed by atoms with van der Waals surface area (Å²) in [6, 6.07) is 15.6. The molecule has 32 heavy (non-hydrogen) atoms. The van der Waals surface area contributed by atoms with Crippen LogP contribution < -0.4 is 5.56 Å². The van der Waals surface area contributed by atoms with E-state index in [1.165, 1.54) is 17.3 Å². The van der Waals surface area contributed by atoms with Crippen LogP contribution in [0.25, 0.3) is 22.3 Å². The number of nitrogens with zero attached hydrogens (tertiary/aromatic N) is 4. The van der Waals surface area contributed by atoms with Crippen LogP contribution in [-0.2, 0) is 23.5 Å². The van der Waals surface area contributed by atoms with Crippen LogP contribution in [0.5, 0.6) is 0 Å². The number of benzene rings is 2.